The number of nitrogens with zero attached hydrogens (tertiary/aromatic N) is 3. The van der Waals surface area contributed by atoms with Crippen molar-refractivity contribution in [2.45, 2.75) is 38.0 Å². The summed E-state index contributed by atoms with van der Waals surface area (Å²) in [4.78, 5) is 5.34. The lowest BCUT2D eigenvalue weighted by molar-refractivity contribution is 0.506. The van der Waals surface area contributed by atoms with E-state index in [1.807, 2.05) is 31.2 Å². The molecule has 158 valence electrons. The predicted molar refractivity (Wildman–Crippen MR) is 121 cm³/mol. The van der Waals surface area contributed by atoms with Gasteiger partial charge in [0.2, 0.25) is 5.89 Å². The molecule has 1 aliphatic rings. The van der Waals surface area contributed by atoms with Gasteiger partial charge >= 0.3 is 0 Å². The molecule has 9 heteroatoms. The highest BCUT2D eigenvalue weighted by Gasteiger charge is 2.46. The minimum absolute atomic E-state index is 0.100. The van der Waals surface area contributed by atoms with Gasteiger partial charge in [-0.3, -0.25) is 9.20 Å². The lowest BCUT2D eigenvalue weighted by Gasteiger charge is -2.40. The van der Waals surface area contributed by atoms with Crippen molar-refractivity contribution in [3.8, 4) is 22.2 Å². The monoisotopic (exact) mass is 446 g/mol. The van der Waals surface area contributed by atoms with Crippen LogP contribution >= 0.6 is 11.3 Å². The highest BCUT2D eigenvalue weighted by atomic mass is 32.2. The zero-order chi connectivity index (χ0) is 21.9. The maximum atomic E-state index is 15.0. The number of aliphatic imine (C=N–C) groups is 1. The van der Waals surface area contributed by atoms with Gasteiger partial charge in [-0.15, -0.1) is 21.5 Å². The molecule has 30 heavy (non-hydrogen) atoms. The van der Waals surface area contributed by atoms with Gasteiger partial charge in [-0.25, -0.2) is 4.39 Å². The average Bonchev–Trinajstić information content (AvgIpc) is 3.27. The number of rotatable bonds is 3. The van der Waals surface area contributed by atoms with Crippen molar-refractivity contribution in [1.82, 2.24) is 10.2 Å². The second-order valence-electron chi connectivity index (χ2n) is 8.30. The molecule has 3 heterocycles. The SMILES string of the molecule is C=S1(=O)C[C@@](C)(c2sc(-c3nnc(-c4ccc(C)cc4)o3)cc2F)N=C(N)C1(C)C. The Bertz CT molecular complexity index is 1260. The van der Waals surface area contributed by atoms with Crippen LogP contribution in [0.1, 0.15) is 31.2 Å². The van der Waals surface area contributed by atoms with Crippen LogP contribution < -0.4 is 5.73 Å². The van der Waals surface area contributed by atoms with E-state index in [9.17, 15) is 8.60 Å². The first-order chi connectivity index (χ1) is 13.9. The number of benzene rings is 1. The number of amidine groups is 1. The zero-order valence-corrected chi connectivity index (χ0v) is 18.9. The predicted octanol–water partition coefficient (Wildman–Crippen LogP) is 3.99. The molecular weight excluding hydrogens is 423 g/mol. The third-order valence-electron chi connectivity index (χ3n) is 5.54. The standard InChI is InChI=1S/C21H23FN4O2S2/c1-12-6-8-13(9-7-12)17-25-26-18(28-17)15-10-14(22)16(29-15)21(4)11-30(5,27)20(2,3)19(23)24-21/h6-10H,5,11H2,1-4H3,(H2,23,24)/t21-,30?/m0/s1. The summed E-state index contributed by atoms with van der Waals surface area (Å²) >= 11 is 1.14. The smallest absolute Gasteiger partial charge is 0.258 e. The summed E-state index contributed by atoms with van der Waals surface area (Å²) in [6.07, 6.45) is 0. The quantitative estimate of drug-likeness (QED) is 0.614. The Hall–Kier alpha value is -2.52. The van der Waals surface area contributed by atoms with Gasteiger partial charge in [0.05, 0.1) is 14.5 Å². The molecule has 2 atom stereocenters. The Morgan fingerprint density at radius 3 is 2.47 bits per heavy atom. The van der Waals surface area contributed by atoms with Gasteiger partial charge in [0.25, 0.3) is 5.89 Å². The van der Waals surface area contributed by atoms with Crippen LogP contribution in [-0.4, -0.2) is 36.6 Å². The molecule has 4 rings (SSSR count). The minimum atomic E-state index is -2.64. The van der Waals surface area contributed by atoms with Crippen molar-refractivity contribution in [3.63, 3.8) is 0 Å². The minimum Gasteiger partial charge on any atom is -0.415 e. The molecule has 3 aromatic rings. The van der Waals surface area contributed by atoms with E-state index >= 15 is 0 Å². The Morgan fingerprint density at radius 2 is 1.83 bits per heavy atom. The van der Waals surface area contributed by atoms with E-state index in [1.54, 1.807) is 20.8 Å². The first-order valence-electron chi connectivity index (χ1n) is 9.34. The van der Waals surface area contributed by atoms with Crippen molar-refractivity contribution < 1.29 is 13.0 Å². The molecular formula is C21H23FN4O2S2. The highest BCUT2D eigenvalue weighted by molar-refractivity contribution is 8.02. The van der Waals surface area contributed by atoms with Gasteiger partial charge in [-0.2, -0.15) is 0 Å². The lowest BCUT2D eigenvalue weighted by atomic mass is 10.0. The molecule has 0 amide bonds. The maximum Gasteiger partial charge on any atom is 0.258 e. The van der Waals surface area contributed by atoms with E-state index in [0.29, 0.717) is 15.6 Å². The molecule has 0 aliphatic carbocycles. The van der Waals surface area contributed by atoms with Gasteiger partial charge in [0.15, 0.2) is 0 Å². The van der Waals surface area contributed by atoms with Crippen LogP contribution in [0.25, 0.3) is 22.2 Å². The average molecular weight is 447 g/mol. The fourth-order valence-corrected chi connectivity index (χ4v) is 6.39. The van der Waals surface area contributed by atoms with E-state index in [4.69, 9.17) is 10.2 Å². The molecule has 2 N–H and O–H groups in total. The van der Waals surface area contributed by atoms with Crippen molar-refractivity contribution in [2.75, 3.05) is 5.75 Å². The van der Waals surface area contributed by atoms with Crippen LogP contribution in [-0.2, 0) is 15.1 Å². The van der Waals surface area contributed by atoms with Crippen LogP contribution in [0, 0.1) is 12.7 Å². The molecule has 0 fully saturated rings. The van der Waals surface area contributed by atoms with Crippen molar-refractivity contribution in [2.24, 2.45) is 10.7 Å². The molecule has 0 radical (unpaired) electrons. The molecule has 1 unspecified atom stereocenters. The fraction of sp³-hybridized carbons (Fsp3) is 0.333. The van der Waals surface area contributed by atoms with Crippen LogP contribution in [0.15, 0.2) is 39.7 Å². The van der Waals surface area contributed by atoms with E-state index in [1.165, 1.54) is 6.07 Å². The van der Waals surface area contributed by atoms with Crippen molar-refractivity contribution in [1.29, 1.82) is 0 Å². The number of thiophene rings is 1. The van der Waals surface area contributed by atoms with Crippen molar-refractivity contribution >= 4 is 32.6 Å². The van der Waals surface area contributed by atoms with Crippen LogP contribution in [0.4, 0.5) is 4.39 Å². The summed E-state index contributed by atoms with van der Waals surface area (Å²) in [5.74, 6) is 4.31. The number of hydrogen-bond acceptors (Lipinski definition) is 7. The summed E-state index contributed by atoms with van der Waals surface area (Å²) in [6.45, 7) is 7.22. The molecule has 0 spiro atoms. The number of halogens is 1. The Morgan fingerprint density at radius 1 is 1.20 bits per heavy atom. The van der Waals surface area contributed by atoms with Gasteiger partial charge in [0.1, 0.15) is 17.2 Å². The topological polar surface area (TPSA) is 94.4 Å². The summed E-state index contributed by atoms with van der Waals surface area (Å²) in [5.41, 5.74) is 6.95. The van der Waals surface area contributed by atoms with Gasteiger partial charge < -0.3 is 10.2 Å². The third kappa shape index (κ3) is 3.26. The molecule has 0 saturated heterocycles. The normalized spacial score (nSPS) is 25.8. The summed E-state index contributed by atoms with van der Waals surface area (Å²) in [6, 6.07) is 9.02. The first kappa shape index (κ1) is 20.7. The van der Waals surface area contributed by atoms with Gasteiger partial charge in [0, 0.05) is 11.3 Å². The third-order valence-corrected chi connectivity index (χ3v) is 9.99. The number of aromatic nitrogens is 2. The zero-order valence-electron chi connectivity index (χ0n) is 17.2. The molecule has 1 aliphatic heterocycles. The Labute approximate surface area is 179 Å². The summed E-state index contributed by atoms with van der Waals surface area (Å²) < 4.78 is 33.1. The van der Waals surface area contributed by atoms with Crippen LogP contribution in [0.2, 0.25) is 0 Å². The number of nitrogens with two attached hydrogens (primary N) is 1. The highest BCUT2D eigenvalue weighted by Crippen LogP contribution is 2.43. The van der Waals surface area contributed by atoms with Gasteiger partial charge in [-0.05, 0) is 61.3 Å². The van der Waals surface area contributed by atoms with Crippen molar-refractivity contribution in [3.05, 3.63) is 46.6 Å². The fourth-order valence-electron chi connectivity index (χ4n) is 3.35. The number of hydrogen-bond donors (Lipinski definition) is 1. The van der Waals surface area contributed by atoms with E-state index < -0.39 is 25.6 Å². The maximum absolute atomic E-state index is 15.0. The largest absolute Gasteiger partial charge is 0.415 e. The van der Waals surface area contributed by atoms with Gasteiger partial charge in [-0.1, -0.05) is 17.7 Å². The Balaban J connectivity index is 1.73. The van der Waals surface area contributed by atoms with Crippen LogP contribution in [0.5, 0.6) is 0 Å². The van der Waals surface area contributed by atoms with E-state index in [2.05, 4.69) is 21.1 Å². The van der Waals surface area contributed by atoms with E-state index in [0.717, 1.165) is 22.5 Å². The molecule has 2 aromatic heterocycles. The molecule has 0 bridgehead atoms. The molecule has 6 nitrogen and oxygen atoms in total. The van der Waals surface area contributed by atoms with E-state index in [-0.39, 0.29) is 17.5 Å². The summed E-state index contributed by atoms with van der Waals surface area (Å²) in [5, 5.41) is 8.15. The second-order valence-corrected chi connectivity index (χ2v) is 12.3. The second kappa shape index (κ2) is 6.75. The Kier molecular flexibility index (Phi) is 4.66. The number of aryl methyl sites for hydroxylation is 1. The first-order valence-corrected chi connectivity index (χ1v) is 12.1. The van der Waals surface area contributed by atoms with Crippen LogP contribution in [0.3, 0.4) is 0 Å². The summed E-state index contributed by atoms with van der Waals surface area (Å²) in [7, 11) is -2.64. The molecule has 0 saturated carbocycles. The lowest BCUT2D eigenvalue weighted by Crippen LogP contribution is -2.54. The molecule has 1 aromatic carbocycles.